The Morgan fingerprint density at radius 1 is 1.16 bits per heavy atom. The number of aromatic nitrogens is 3. The zero-order chi connectivity index (χ0) is 17.7. The Labute approximate surface area is 148 Å². The molecule has 7 heteroatoms. The van der Waals surface area contributed by atoms with Crippen LogP contribution in [0.1, 0.15) is 43.6 Å². The van der Waals surface area contributed by atoms with Crippen LogP contribution in [0.5, 0.6) is 0 Å². The highest BCUT2D eigenvalue weighted by atomic mass is 32.1. The summed E-state index contributed by atoms with van der Waals surface area (Å²) in [4.78, 5) is 17.1. The van der Waals surface area contributed by atoms with Crippen LogP contribution in [0.2, 0.25) is 0 Å². The van der Waals surface area contributed by atoms with Crippen LogP contribution in [0.25, 0.3) is 5.00 Å². The van der Waals surface area contributed by atoms with Crippen molar-refractivity contribution in [1.29, 1.82) is 0 Å². The van der Waals surface area contributed by atoms with Crippen LogP contribution < -0.4 is 0 Å². The first-order valence-corrected chi connectivity index (χ1v) is 8.69. The third kappa shape index (κ3) is 2.39. The molecule has 1 N–H and O–H groups in total. The van der Waals surface area contributed by atoms with E-state index in [2.05, 4.69) is 28.6 Å². The van der Waals surface area contributed by atoms with Crippen molar-refractivity contribution in [1.82, 2.24) is 14.8 Å². The molecule has 0 saturated heterocycles. The van der Waals surface area contributed by atoms with Gasteiger partial charge >= 0.3 is 5.97 Å². The number of thiophene rings is 1. The Morgan fingerprint density at radius 2 is 1.88 bits per heavy atom. The molecule has 0 atom stereocenters. The van der Waals surface area contributed by atoms with Crippen LogP contribution in [-0.2, 0) is 6.54 Å². The highest BCUT2D eigenvalue weighted by molar-refractivity contribution is 7.15. The first-order chi connectivity index (χ1) is 12.0. The summed E-state index contributed by atoms with van der Waals surface area (Å²) in [6.45, 7) is 6.57. The van der Waals surface area contributed by atoms with E-state index < -0.39 is 5.97 Å². The highest BCUT2D eigenvalue weighted by Gasteiger charge is 2.26. The van der Waals surface area contributed by atoms with E-state index >= 15 is 0 Å². The molecule has 3 aromatic rings. The van der Waals surface area contributed by atoms with Gasteiger partial charge in [-0.3, -0.25) is 9.56 Å². The van der Waals surface area contributed by atoms with Crippen molar-refractivity contribution in [3.63, 3.8) is 0 Å². The summed E-state index contributed by atoms with van der Waals surface area (Å²) in [6, 6.07) is 6.87. The van der Waals surface area contributed by atoms with Crippen LogP contribution in [-0.4, -0.2) is 31.6 Å². The van der Waals surface area contributed by atoms with Gasteiger partial charge in [0.2, 0.25) is 0 Å². The largest absolute Gasteiger partial charge is 0.478 e. The van der Waals surface area contributed by atoms with Gasteiger partial charge in [-0.15, -0.1) is 21.5 Å². The van der Waals surface area contributed by atoms with Crippen LogP contribution in [0.4, 0.5) is 0 Å². The number of carboxylic acids is 1. The minimum atomic E-state index is -0.931. The molecule has 2 aromatic heterocycles. The van der Waals surface area contributed by atoms with Crippen LogP contribution in [0.3, 0.4) is 0 Å². The Hall–Kier alpha value is -2.80. The second-order valence-electron chi connectivity index (χ2n) is 6.01. The fourth-order valence-corrected chi connectivity index (χ4v) is 4.28. The summed E-state index contributed by atoms with van der Waals surface area (Å²) in [5.74, 6) is 0.728. The maximum Gasteiger partial charge on any atom is 0.335 e. The summed E-state index contributed by atoms with van der Waals surface area (Å²) in [5, 5.41) is 18.6. The number of hydrogen-bond acceptors (Lipinski definition) is 5. The first kappa shape index (κ1) is 15.7. The Balaban J connectivity index is 1.93. The second-order valence-corrected chi connectivity index (χ2v) is 7.21. The quantitative estimate of drug-likeness (QED) is 0.767. The van der Waals surface area contributed by atoms with Gasteiger partial charge in [-0.2, -0.15) is 0 Å². The SMILES string of the molecule is Cc1sc2c(c1C)C(c1ccc(C(=O)O)cc1)=NCc1nnc(C)n1-2. The predicted octanol–water partition coefficient (Wildman–Crippen LogP) is 3.30. The van der Waals surface area contributed by atoms with Crippen molar-refractivity contribution >= 4 is 23.0 Å². The van der Waals surface area contributed by atoms with Crippen molar-refractivity contribution in [2.45, 2.75) is 27.3 Å². The van der Waals surface area contributed by atoms with Gasteiger partial charge in [0.15, 0.2) is 5.82 Å². The van der Waals surface area contributed by atoms with Gasteiger partial charge in [-0.1, -0.05) is 12.1 Å². The molecule has 0 spiro atoms. The number of aromatic carboxylic acids is 1. The molecule has 4 rings (SSSR count). The summed E-state index contributed by atoms with van der Waals surface area (Å²) in [5.41, 5.74) is 4.31. The molecule has 0 bridgehead atoms. The molecule has 0 unspecified atom stereocenters. The van der Waals surface area contributed by atoms with Crippen LogP contribution in [0, 0.1) is 20.8 Å². The van der Waals surface area contributed by atoms with E-state index in [-0.39, 0.29) is 5.56 Å². The standard InChI is InChI=1S/C18H16N4O2S/c1-9-10(2)25-17-15(9)16(12-4-6-13(7-5-12)18(23)24)19-8-14-21-20-11(3)22(14)17/h4-7H,8H2,1-3H3,(H,23,24). The average Bonchev–Trinajstić information content (AvgIpc) is 3.03. The predicted molar refractivity (Wildman–Crippen MR) is 96.2 cm³/mol. The maximum absolute atomic E-state index is 11.1. The summed E-state index contributed by atoms with van der Waals surface area (Å²) >= 11 is 1.71. The topological polar surface area (TPSA) is 80.4 Å². The third-order valence-electron chi connectivity index (χ3n) is 4.48. The van der Waals surface area contributed by atoms with E-state index in [1.807, 2.05) is 19.1 Å². The lowest BCUT2D eigenvalue weighted by atomic mass is 9.99. The molecule has 0 aliphatic carbocycles. The van der Waals surface area contributed by atoms with E-state index in [1.54, 1.807) is 23.5 Å². The number of rotatable bonds is 2. The third-order valence-corrected chi connectivity index (χ3v) is 5.67. The molecule has 25 heavy (non-hydrogen) atoms. The van der Waals surface area contributed by atoms with Gasteiger partial charge in [0.1, 0.15) is 17.4 Å². The molecular weight excluding hydrogens is 336 g/mol. The molecule has 1 aliphatic heterocycles. The fourth-order valence-electron chi connectivity index (χ4n) is 3.05. The molecule has 0 radical (unpaired) electrons. The highest BCUT2D eigenvalue weighted by Crippen LogP contribution is 2.36. The molecule has 0 saturated carbocycles. The maximum atomic E-state index is 11.1. The van der Waals surface area contributed by atoms with Gasteiger partial charge < -0.3 is 5.11 Å². The number of carbonyl (C=O) groups is 1. The van der Waals surface area contributed by atoms with E-state index in [4.69, 9.17) is 10.1 Å². The molecule has 126 valence electrons. The van der Waals surface area contributed by atoms with E-state index in [0.29, 0.717) is 6.54 Å². The zero-order valence-electron chi connectivity index (χ0n) is 14.1. The Morgan fingerprint density at radius 3 is 2.56 bits per heavy atom. The number of fused-ring (bicyclic) bond motifs is 3. The van der Waals surface area contributed by atoms with Crippen LogP contribution in [0.15, 0.2) is 29.3 Å². The molecule has 1 aliphatic rings. The van der Waals surface area contributed by atoms with Crippen LogP contribution >= 0.6 is 11.3 Å². The Bertz CT molecular complexity index is 1030. The van der Waals surface area contributed by atoms with Crippen molar-refractivity contribution in [2.75, 3.05) is 0 Å². The minimum Gasteiger partial charge on any atom is -0.478 e. The second kappa shape index (κ2) is 5.63. The number of hydrogen-bond donors (Lipinski definition) is 1. The number of nitrogens with zero attached hydrogens (tertiary/aromatic N) is 4. The summed E-state index contributed by atoms with van der Waals surface area (Å²) < 4.78 is 2.07. The monoisotopic (exact) mass is 352 g/mol. The number of aryl methyl sites for hydroxylation is 2. The lowest BCUT2D eigenvalue weighted by Crippen LogP contribution is -2.07. The summed E-state index contributed by atoms with van der Waals surface area (Å²) in [7, 11) is 0. The van der Waals surface area contributed by atoms with Crippen molar-refractivity contribution in [3.05, 3.63) is 63.0 Å². The summed E-state index contributed by atoms with van der Waals surface area (Å²) in [6.07, 6.45) is 0. The fraction of sp³-hybridized carbons (Fsp3) is 0.222. The van der Waals surface area contributed by atoms with E-state index in [0.717, 1.165) is 33.5 Å². The van der Waals surface area contributed by atoms with E-state index in [1.165, 1.54) is 10.4 Å². The molecule has 0 fully saturated rings. The van der Waals surface area contributed by atoms with Gasteiger partial charge in [-0.05, 0) is 38.5 Å². The van der Waals surface area contributed by atoms with Gasteiger partial charge in [-0.25, -0.2) is 4.79 Å². The van der Waals surface area contributed by atoms with Gasteiger partial charge in [0, 0.05) is 16.0 Å². The van der Waals surface area contributed by atoms with Crippen molar-refractivity contribution in [2.24, 2.45) is 4.99 Å². The normalized spacial score (nSPS) is 13.0. The Kier molecular flexibility index (Phi) is 3.54. The smallest absolute Gasteiger partial charge is 0.335 e. The van der Waals surface area contributed by atoms with E-state index in [9.17, 15) is 4.79 Å². The molecule has 3 heterocycles. The van der Waals surface area contributed by atoms with Gasteiger partial charge in [0.05, 0.1) is 11.3 Å². The van der Waals surface area contributed by atoms with Gasteiger partial charge in [0.25, 0.3) is 0 Å². The van der Waals surface area contributed by atoms with Crippen molar-refractivity contribution in [3.8, 4) is 5.00 Å². The molecule has 1 aromatic carbocycles. The number of carboxylic acid groups (broad SMARTS) is 1. The number of benzene rings is 1. The lowest BCUT2D eigenvalue weighted by molar-refractivity contribution is 0.0697. The molecule has 0 amide bonds. The first-order valence-electron chi connectivity index (χ1n) is 7.87. The zero-order valence-corrected chi connectivity index (χ0v) is 14.9. The minimum absolute atomic E-state index is 0.268. The average molecular weight is 352 g/mol. The number of aliphatic imine (C=N–C) groups is 1. The molecule has 6 nitrogen and oxygen atoms in total. The molecular formula is C18H16N4O2S. The lowest BCUT2D eigenvalue weighted by Gasteiger charge is -2.09. The van der Waals surface area contributed by atoms with Crippen molar-refractivity contribution < 1.29 is 9.90 Å².